The predicted molar refractivity (Wildman–Crippen MR) is 87.6 cm³/mol. The van der Waals surface area contributed by atoms with Crippen molar-refractivity contribution in [1.29, 1.82) is 0 Å². The Bertz CT molecular complexity index is 614. The number of halogens is 1. The van der Waals surface area contributed by atoms with E-state index in [2.05, 4.69) is 5.32 Å². The fraction of sp³-hybridized carbons (Fsp3) is 0.133. The molecule has 0 atom stereocenters. The summed E-state index contributed by atoms with van der Waals surface area (Å²) < 4.78 is 0. The van der Waals surface area contributed by atoms with Gasteiger partial charge in [-0.05, 0) is 42.3 Å². The van der Waals surface area contributed by atoms with E-state index in [0.717, 1.165) is 29.8 Å². The van der Waals surface area contributed by atoms with Gasteiger partial charge in [-0.3, -0.25) is 0 Å². The van der Waals surface area contributed by atoms with Crippen molar-refractivity contribution in [3.05, 3.63) is 58.6 Å². The summed E-state index contributed by atoms with van der Waals surface area (Å²) in [6, 6.07) is 12.6. The van der Waals surface area contributed by atoms with Crippen LogP contribution in [-0.2, 0) is 6.42 Å². The number of nitrogens with two attached hydrogens (primary N) is 1. The fourth-order valence-electron chi connectivity index (χ4n) is 1.88. The van der Waals surface area contributed by atoms with Gasteiger partial charge in [0.15, 0.2) is 0 Å². The van der Waals surface area contributed by atoms with Gasteiger partial charge in [-0.1, -0.05) is 36.0 Å². The lowest BCUT2D eigenvalue weighted by molar-refractivity contribution is 0.475. The summed E-state index contributed by atoms with van der Waals surface area (Å²) in [6.45, 7) is 0.738. The quantitative estimate of drug-likeness (QED) is 0.742. The zero-order valence-electron chi connectivity index (χ0n) is 10.8. The number of phenolic OH excluding ortho intramolecular Hbond substituents is 1. The Hall–Kier alpha value is -1.78. The molecular weight excluding hydrogens is 292 g/mol. The van der Waals surface area contributed by atoms with E-state index < -0.39 is 0 Å². The van der Waals surface area contributed by atoms with E-state index in [9.17, 15) is 5.11 Å². The van der Waals surface area contributed by atoms with Crippen LogP contribution in [0, 0.1) is 0 Å². The highest BCUT2D eigenvalue weighted by Gasteiger charge is 2.05. The summed E-state index contributed by atoms with van der Waals surface area (Å²) in [5.41, 5.74) is 8.45. The zero-order chi connectivity index (χ0) is 14.5. The highest BCUT2D eigenvalue weighted by atomic mass is 35.5. The van der Waals surface area contributed by atoms with Gasteiger partial charge in [0.1, 0.15) is 10.7 Å². The number of rotatable bonds is 5. The van der Waals surface area contributed by atoms with Crippen molar-refractivity contribution in [2.45, 2.75) is 6.42 Å². The molecule has 2 rings (SSSR count). The molecule has 0 heterocycles. The first-order valence-electron chi connectivity index (χ1n) is 6.17. The minimum absolute atomic E-state index is 0.273. The van der Waals surface area contributed by atoms with Crippen molar-refractivity contribution in [1.82, 2.24) is 0 Å². The molecule has 4 N–H and O–H groups in total. The molecule has 0 aliphatic rings. The molecule has 104 valence electrons. The van der Waals surface area contributed by atoms with E-state index in [-0.39, 0.29) is 5.75 Å². The third kappa shape index (κ3) is 3.85. The molecule has 0 radical (unpaired) electrons. The lowest BCUT2D eigenvalue weighted by Gasteiger charge is -2.11. The number of benzene rings is 2. The number of hydrogen-bond acceptors (Lipinski definition) is 3. The maximum atomic E-state index is 9.23. The number of thiocarbonyl (C=S) groups is 1. The second kappa shape index (κ2) is 6.59. The van der Waals surface area contributed by atoms with Crippen LogP contribution in [0.15, 0.2) is 42.5 Å². The number of phenols is 1. The van der Waals surface area contributed by atoms with E-state index in [4.69, 9.17) is 29.6 Å². The van der Waals surface area contributed by atoms with E-state index in [1.807, 2.05) is 18.2 Å². The fourth-order valence-corrected chi connectivity index (χ4v) is 2.22. The second-order valence-corrected chi connectivity index (χ2v) is 5.27. The first-order chi connectivity index (χ1) is 9.56. The van der Waals surface area contributed by atoms with Crippen LogP contribution < -0.4 is 11.1 Å². The van der Waals surface area contributed by atoms with Crippen molar-refractivity contribution in [3.63, 3.8) is 0 Å². The number of hydrogen-bond donors (Lipinski definition) is 3. The summed E-state index contributed by atoms with van der Waals surface area (Å²) in [6.07, 6.45) is 0.833. The molecule has 3 nitrogen and oxygen atoms in total. The van der Waals surface area contributed by atoms with Crippen LogP contribution in [0.1, 0.15) is 11.1 Å². The standard InChI is InChI=1S/C15H15ClN2OS/c16-11-3-6-14(13(9-11)15(17)20)18-8-7-10-1-4-12(19)5-2-10/h1-6,9,18-19H,7-8H2,(H2,17,20). The van der Waals surface area contributed by atoms with Gasteiger partial charge in [0.05, 0.1) is 0 Å². The Morgan fingerprint density at radius 3 is 2.55 bits per heavy atom. The van der Waals surface area contributed by atoms with Gasteiger partial charge in [-0.25, -0.2) is 0 Å². The second-order valence-electron chi connectivity index (χ2n) is 4.40. The molecule has 20 heavy (non-hydrogen) atoms. The maximum absolute atomic E-state index is 9.23. The zero-order valence-corrected chi connectivity index (χ0v) is 12.3. The number of aromatic hydroxyl groups is 1. The van der Waals surface area contributed by atoms with Gasteiger partial charge in [0.2, 0.25) is 0 Å². The predicted octanol–water partition coefficient (Wildman–Crippen LogP) is 3.33. The first kappa shape index (κ1) is 14.6. The van der Waals surface area contributed by atoms with Gasteiger partial charge in [0, 0.05) is 22.8 Å². The van der Waals surface area contributed by atoms with E-state index in [0.29, 0.717) is 10.0 Å². The van der Waals surface area contributed by atoms with E-state index >= 15 is 0 Å². The SMILES string of the molecule is NC(=S)c1cc(Cl)ccc1NCCc1ccc(O)cc1. The normalized spacial score (nSPS) is 10.2. The molecule has 5 heteroatoms. The third-order valence-electron chi connectivity index (χ3n) is 2.91. The minimum Gasteiger partial charge on any atom is -0.508 e. The van der Waals surface area contributed by atoms with Crippen molar-refractivity contribution >= 4 is 34.5 Å². The number of nitrogens with one attached hydrogen (secondary N) is 1. The molecule has 0 bridgehead atoms. The smallest absolute Gasteiger partial charge is 0.115 e. The van der Waals surface area contributed by atoms with Gasteiger partial charge >= 0.3 is 0 Å². The summed E-state index contributed by atoms with van der Waals surface area (Å²) in [7, 11) is 0. The van der Waals surface area contributed by atoms with Crippen molar-refractivity contribution < 1.29 is 5.11 Å². The minimum atomic E-state index is 0.273. The summed E-state index contributed by atoms with van der Waals surface area (Å²) >= 11 is 11.0. The average Bonchev–Trinajstić information content (AvgIpc) is 2.42. The van der Waals surface area contributed by atoms with E-state index in [1.54, 1.807) is 24.3 Å². The Morgan fingerprint density at radius 1 is 1.20 bits per heavy atom. The van der Waals surface area contributed by atoms with Crippen LogP contribution in [0.25, 0.3) is 0 Å². The molecule has 0 spiro atoms. The lowest BCUT2D eigenvalue weighted by atomic mass is 10.1. The summed E-state index contributed by atoms with van der Waals surface area (Å²) in [4.78, 5) is 0.319. The first-order valence-corrected chi connectivity index (χ1v) is 6.96. The van der Waals surface area contributed by atoms with Crippen LogP contribution in [-0.4, -0.2) is 16.6 Å². The van der Waals surface area contributed by atoms with Crippen LogP contribution in [0.4, 0.5) is 5.69 Å². The summed E-state index contributed by atoms with van der Waals surface area (Å²) in [5, 5.41) is 13.1. The topological polar surface area (TPSA) is 58.3 Å². The molecule has 0 saturated heterocycles. The highest BCUT2D eigenvalue weighted by molar-refractivity contribution is 7.80. The number of anilines is 1. The molecule has 0 amide bonds. The molecular formula is C15H15ClN2OS. The monoisotopic (exact) mass is 306 g/mol. The lowest BCUT2D eigenvalue weighted by Crippen LogP contribution is -2.14. The molecule has 0 fully saturated rings. The van der Waals surface area contributed by atoms with Crippen LogP contribution in [0.2, 0.25) is 5.02 Å². The Morgan fingerprint density at radius 2 is 1.90 bits per heavy atom. The van der Waals surface area contributed by atoms with Crippen molar-refractivity contribution in [2.24, 2.45) is 5.73 Å². The van der Waals surface area contributed by atoms with Gasteiger partial charge in [-0.2, -0.15) is 0 Å². The van der Waals surface area contributed by atoms with E-state index in [1.165, 1.54) is 0 Å². The largest absolute Gasteiger partial charge is 0.508 e. The molecule has 0 aliphatic carbocycles. The average molecular weight is 307 g/mol. The molecule has 0 aliphatic heterocycles. The van der Waals surface area contributed by atoms with Gasteiger partial charge in [0.25, 0.3) is 0 Å². The maximum Gasteiger partial charge on any atom is 0.115 e. The Labute approximate surface area is 128 Å². The third-order valence-corrected chi connectivity index (χ3v) is 3.37. The Kier molecular flexibility index (Phi) is 4.82. The molecule has 0 aromatic heterocycles. The highest BCUT2D eigenvalue weighted by Crippen LogP contribution is 2.20. The van der Waals surface area contributed by atoms with Crippen LogP contribution >= 0.6 is 23.8 Å². The molecule has 0 unspecified atom stereocenters. The molecule has 0 saturated carbocycles. The molecule has 2 aromatic rings. The van der Waals surface area contributed by atoms with Crippen molar-refractivity contribution in [2.75, 3.05) is 11.9 Å². The van der Waals surface area contributed by atoms with Gasteiger partial charge < -0.3 is 16.2 Å². The van der Waals surface area contributed by atoms with Crippen molar-refractivity contribution in [3.8, 4) is 5.75 Å². The summed E-state index contributed by atoms with van der Waals surface area (Å²) in [5.74, 6) is 0.273. The Balaban J connectivity index is 2.00. The van der Waals surface area contributed by atoms with Crippen LogP contribution in [0.3, 0.4) is 0 Å². The van der Waals surface area contributed by atoms with Gasteiger partial charge in [-0.15, -0.1) is 0 Å². The molecule has 2 aromatic carbocycles. The van der Waals surface area contributed by atoms with Crippen LogP contribution in [0.5, 0.6) is 5.75 Å².